The van der Waals surface area contributed by atoms with E-state index >= 15 is 0 Å². The monoisotopic (exact) mass is 320 g/mol. The number of fused-ring (bicyclic) bond motifs is 1. The second-order valence-corrected chi connectivity index (χ2v) is 9.11. The van der Waals surface area contributed by atoms with Crippen molar-refractivity contribution in [2.75, 3.05) is 26.7 Å². The summed E-state index contributed by atoms with van der Waals surface area (Å²) in [5.74, 6) is 0.757. The average Bonchev–Trinajstić information content (AvgIpc) is 2.51. The molecule has 120 valence electrons. The molecule has 0 radical (unpaired) electrons. The molecule has 0 spiro atoms. The first-order valence-corrected chi connectivity index (χ1v) is 9.55. The van der Waals surface area contributed by atoms with E-state index in [0.717, 1.165) is 16.9 Å². The van der Waals surface area contributed by atoms with E-state index in [1.54, 1.807) is 20.5 Å². The Morgan fingerprint density at radius 1 is 1.18 bits per heavy atom. The zero-order valence-electron chi connectivity index (χ0n) is 13.8. The summed E-state index contributed by atoms with van der Waals surface area (Å²) < 4.78 is 10.4. The van der Waals surface area contributed by atoms with Gasteiger partial charge in [-0.25, -0.2) is 0 Å². The Bertz CT molecular complexity index is 642. The van der Waals surface area contributed by atoms with E-state index in [2.05, 4.69) is 24.7 Å². The lowest BCUT2D eigenvalue weighted by Gasteiger charge is -2.42. The van der Waals surface area contributed by atoms with Crippen LogP contribution in [0.25, 0.3) is 0 Å². The quantitative estimate of drug-likeness (QED) is 0.669. The van der Waals surface area contributed by atoms with Crippen molar-refractivity contribution in [1.29, 1.82) is 0 Å². The summed E-state index contributed by atoms with van der Waals surface area (Å²) in [4.78, 5) is 2.38. The van der Waals surface area contributed by atoms with Crippen molar-refractivity contribution in [3.05, 3.63) is 58.7 Å². The van der Waals surface area contributed by atoms with Crippen LogP contribution in [0.15, 0.2) is 58.1 Å². The van der Waals surface area contributed by atoms with Crippen LogP contribution in [-0.4, -0.2) is 31.8 Å². The normalized spacial score (nSPS) is 22.0. The maximum Gasteiger partial charge on any atom is 0.126 e. The summed E-state index contributed by atoms with van der Waals surface area (Å²) >= 11 is 0. The van der Waals surface area contributed by atoms with Crippen LogP contribution in [0.3, 0.4) is 0 Å². The Kier molecular flexibility index (Phi) is 5.04. The van der Waals surface area contributed by atoms with Gasteiger partial charge in [-0.15, -0.1) is 0 Å². The highest BCUT2D eigenvalue weighted by Crippen LogP contribution is 2.65. The molecule has 22 heavy (non-hydrogen) atoms. The van der Waals surface area contributed by atoms with Crippen LogP contribution in [0.4, 0.5) is 0 Å². The SMILES string of the molecule is CO/C=C/C=C\C1=C(C)C(O)c2c(OC)cccc2S1(C)C. The Morgan fingerprint density at radius 3 is 2.55 bits per heavy atom. The van der Waals surface area contributed by atoms with Gasteiger partial charge < -0.3 is 14.6 Å². The van der Waals surface area contributed by atoms with Crippen LogP contribution in [0.2, 0.25) is 0 Å². The number of aliphatic hydroxyl groups excluding tert-OH is 1. The van der Waals surface area contributed by atoms with Crippen LogP contribution in [0, 0.1) is 0 Å². The summed E-state index contributed by atoms with van der Waals surface area (Å²) in [6.07, 6.45) is 11.4. The number of hydrogen-bond acceptors (Lipinski definition) is 3. The van der Waals surface area contributed by atoms with Gasteiger partial charge in [-0.1, -0.05) is 12.1 Å². The first-order chi connectivity index (χ1) is 10.4. The molecule has 3 nitrogen and oxygen atoms in total. The van der Waals surface area contributed by atoms with Crippen molar-refractivity contribution in [2.45, 2.75) is 17.9 Å². The average molecular weight is 320 g/mol. The Labute approximate surface area is 134 Å². The van der Waals surface area contributed by atoms with Gasteiger partial charge >= 0.3 is 0 Å². The van der Waals surface area contributed by atoms with Crippen molar-refractivity contribution in [2.24, 2.45) is 0 Å². The lowest BCUT2D eigenvalue weighted by atomic mass is 10.0. The number of ether oxygens (including phenoxy) is 2. The fourth-order valence-electron chi connectivity index (χ4n) is 2.86. The lowest BCUT2D eigenvalue weighted by Crippen LogP contribution is -2.16. The number of benzene rings is 1. The van der Waals surface area contributed by atoms with Gasteiger partial charge in [0.05, 0.1) is 20.5 Å². The largest absolute Gasteiger partial charge is 0.504 e. The first kappa shape index (κ1) is 16.7. The zero-order valence-corrected chi connectivity index (χ0v) is 14.6. The van der Waals surface area contributed by atoms with Gasteiger partial charge in [0.15, 0.2) is 0 Å². The fourth-order valence-corrected chi connectivity index (χ4v) is 5.61. The van der Waals surface area contributed by atoms with E-state index in [1.807, 2.05) is 31.2 Å². The number of methoxy groups -OCH3 is 2. The first-order valence-electron chi connectivity index (χ1n) is 7.10. The second-order valence-electron chi connectivity index (χ2n) is 5.57. The molecule has 0 amide bonds. The molecular formula is C18H24O3S. The van der Waals surface area contributed by atoms with Crippen molar-refractivity contribution < 1.29 is 14.6 Å². The minimum absolute atomic E-state index is 0.627. The van der Waals surface area contributed by atoms with Gasteiger partial charge in [0.1, 0.15) is 11.9 Å². The zero-order chi connectivity index (χ0) is 16.3. The van der Waals surface area contributed by atoms with E-state index in [0.29, 0.717) is 0 Å². The molecule has 0 saturated carbocycles. The van der Waals surface area contributed by atoms with Crippen LogP contribution in [0.5, 0.6) is 5.75 Å². The lowest BCUT2D eigenvalue weighted by molar-refractivity contribution is 0.205. The molecule has 1 aliphatic heterocycles. The van der Waals surface area contributed by atoms with Crippen LogP contribution in [-0.2, 0) is 4.74 Å². The van der Waals surface area contributed by atoms with Crippen LogP contribution >= 0.6 is 10.0 Å². The fraction of sp³-hybridized carbons (Fsp3) is 0.333. The third-order valence-electron chi connectivity index (χ3n) is 3.99. The molecule has 0 aromatic heterocycles. The molecule has 0 bridgehead atoms. The van der Waals surface area contributed by atoms with Crippen molar-refractivity contribution in [3.8, 4) is 5.75 Å². The van der Waals surface area contributed by atoms with Crippen molar-refractivity contribution in [1.82, 2.24) is 0 Å². The molecule has 1 unspecified atom stereocenters. The number of rotatable bonds is 4. The van der Waals surface area contributed by atoms with Crippen LogP contribution in [0.1, 0.15) is 18.6 Å². The standard InChI is InChI=1S/C18H24O3S/c1-13-15(10-6-7-12-20-2)22(4,5)16-11-8-9-14(21-3)17(16)18(13)19/h6-12,18-19H,1-5H3/b10-6-,12-7+. The van der Waals surface area contributed by atoms with E-state index < -0.39 is 16.1 Å². The summed E-state index contributed by atoms with van der Waals surface area (Å²) in [5.41, 5.74) is 1.89. The molecule has 1 aromatic carbocycles. The van der Waals surface area contributed by atoms with Gasteiger partial charge in [0, 0.05) is 10.5 Å². The molecular weight excluding hydrogens is 296 g/mol. The molecule has 0 fully saturated rings. The van der Waals surface area contributed by atoms with E-state index in [-0.39, 0.29) is 0 Å². The Hall–Kier alpha value is -1.65. The van der Waals surface area contributed by atoms with Gasteiger partial charge in [0.25, 0.3) is 0 Å². The van der Waals surface area contributed by atoms with Gasteiger partial charge in [-0.2, -0.15) is 10.0 Å². The summed E-state index contributed by atoms with van der Waals surface area (Å²) in [6.45, 7) is 1.99. The summed E-state index contributed by atoms with van der Waals surface area (Å²) in [6, 6.07) is 6.00. The van der Waals surface area contributed by atoms with Crippen molar-refractivity contribution in [3.63, 3.8) is 0 Å². The Morgan fingerprint density at radius 2 is 1.91 bits per heavy atom. The van der Waals surface area contributed by atoms with Crippen molar-refractivity contribution >= 4 is 10.0 Å². The minimum atomic E-state index is -1.21. The van der Waals surface area contributed by atoms with E-state index in [1.165, 1.54) is 9.80 Å². The predicted octanol–water partition coefficient (Wildman–Crippen LogP) is 4.16. The second kappa shape index (κ2) is 6.63. The highest BCUT2D eigenvalue weighted by molar-refractivity contribution is 8.36. The minimum Gasteiger partial charge on any atom is -0.504 e. The van der Waals surface area contributed by atoms with Gasteiger partial charge in [0.2, 0.25) is 0 Å². The number of aliphatic hydroxyl groups is 1. The van der Waals surface area contributed by atoms with Gasteiger partial charge in [-0.05, 0) is 54.2 Å². The topological polar surface area (TPSA) is 38.7 Å². The number of allylic oxidation sites excluding steroid dienone is 3. The molecule has 1 aliphatic rings. The third-order valence-corrected chi connectivity index (χ3v) is 7.00. The highest BCUT2D eigenvalue weighted by Gasteiger charge is 2.34. The molecule has 1 aromatic rings. The molecule has 0 saturated heterocycles. The molecule has 1 atom stereocenters. The highest BCUT2D eigenvalue weighted by atomic mass is 32.3. The summed E-state index contributed by atoms with van der Waals surface area (Å²) in [7, 11) is 2.06. The predicted molar refractivity (Wildman–Crippen MR) is 93.6 cm³/mol. The molecule has 1 heterocycles. The van der Waals surface area contributed by atoms with Crippen LogP contribution < -0.4 is 4.74 Å². The third kappa shape index (κ3) is 2.81. The Balaban J connectivity index is 2.56. The van der Waals surface area contributed by atoms with E-state index in [4.69, 9.17) is 9.47 Å². The molecule has 0 aliphatic carbocycles. The maximum atomic E-state index is 10.7. The molecule has 4 heteroatoms. The van der Waals surface area contributed by atoms with E-state index in [9.17, 15) is 5.11 Å². The van der Waals surface area contributed by atoms with Gasteiger partial charge in [-0.3, -0.25) is 0 Å². The smallest absolute Gasteiger partial charge is 0.126 e. The number of hydrogen-bond donors (Lipinski definition) is 1. The molecule has 2 rings (SSSR count). The maximum absolute atomic E-state index is 10.7. The molecule has 1 N–H and O–H groups in total. The summed E-state index contributed by atoms with van der Waals surface area (Å²) in [5, 5.41) is 10.7.